The van der Waals surface area contributed by atoms with Gasteiger partial charge in [0.2, 0.25) is 5.16 Å². The Morgan fingerprint density at radius 2 is 2.00 bits per heavy atom. The molecule has 1 N–H and O–H groups in total. The molecule has 1 aromatic carbocycles. The van der Waals surface area contributed by atoms with Crippen LogP contribution in [0.4, 0.5) is 0 Å². The van der Waals surface area contributed by atoms with E-state index in [1.807, 2.05) is 30.3 Å². The molecule has 2 rings (SSSR count). The Labute approximate surface area is 130 Å². The lowest BCUT2D eigenvalue weighted by atomic mass is 10.2. The molecule has 114 valence electrons. The molecule has 0 spiro atoms. The van der Waals surface area contributed by atoms with Gasteiger partial charge in [-0.1, -0.05) is 43.8 Å². The Bertz CT molecular complexity index is 512. The molecule has 0 aliphatic heterocycles. The molecule has 1 aromatic heterocycles. The Hall–Kier alpha value is -1.40. The molecule has 0 fully saturated rings. The summed E-state index contributed by atoms with van der Waals surface area (Å²) < 4.78 is 1.79. The summed E-state index contributed by atoms with van der Waals surface area (Å²) in [6.45, 7) is 6.64. The first kappa shape index (κ1) is 16.0. The molecule has 21 heavy (non-hydrogen) atoms. The van der Waals surface area contributed by atoms with Gasteiger partial charge in [0, 0.05) is 5.75 Å². The zero-order valence-corrected chi connectivity index (χ0v) is 13.5. The third-order valence-corrected chi connectivity index (χ3v) is 3.98. The molecule has 0 unspecified atom stereocenters. The van der Waals surface area contributed by atoms with Crippen molar-refractivity contribution in [2.45, 2.75) is 31.8 Å². The summed E-state index contributed by atoms with van der Waals surface area (Å²) >= 11 is 1.71. The van der Waals surface area contributed by atoms with E-state index in [0.29, 0.717) is 0 Å². The van der Waals surface area contributed by atoms with Crippen molar-refractivity contribution >= 4 is 11.8 Å². The minimum Gasteiger partial charge on any atom is -0.316 e. The number of aromatic nitrogens is 4. The standard InChI is InChI=1S/C15H23N5S/c1-13(2)12-16-10-6-7-11-21-15-17-18-19-20(15)14-8-4-3-5-9-14/h3-5,8-9,13,16H,6-7,10-12H2,1-2H3. The SMILES string of the molecule is CC(C)CNCCCCSc1nnnn1-c1ccccc1. The maximum atomic E-state index is 4.10. The summed E-state index contributed by atoms with van der Waals surface area (Å²) in [7, 11) is 0. The second-order valence-electron chi connectivity index (χ2n) is 5.36. The maximum absolute atomic E-state index is 4.10. The summed E-state index contributed by atoms with van der Waals surface area (Å²) in [5.74, 6) is 1.76. The number of para-hydroxylation sites is 1. The molecule has 2 aromatic rings. The predicted octanol–water partition coefficient (Wildman–Crippen LogP) is 2.78. The van der Waals surface area contributed by atoms with Gasteiger partial charge in [0.05, 0.1) is 5.69 Å². The molecule has 1 heterocycles. The molecule has 0 radical (unpaired) electrons. The van der Waals surface area contributed by atoms with Crippen molar-refractivity contribution in [3.63, 3.8) is 0 Å². The monoisotopic (exact) mass is 305 g/mol. The molecule has 0 bridgehead atoms. The van der Waals surface area contributed by atoms with Gasteiger partial charge in [0.1, 0.15) is 0 Å². The summed E-state index contributed by atoms with van der Waals surface area (Å²) in [6, 6.07) is 10.00. The van der Waals surface area contributed by atoms with Gasteiger partial charge in [-0.3, -0.25) is 0 Å². The smallest absolute Gasteiger partial charge is 0.214 e. The summed E-state index contributed by atoms with van der Waals surface area (Å²) in [6.07, 6.45) is 2.35. The van der Waals surface area contributed by atoms with Crippen molar-refractivity contribution in [3.05, 3.63) is 30.3 Å². The lowest BCUT2D eigenvalue weighted by Crippen LogP contribution is -2.20. The number of tetrazole rings is 1. The summed E-state index contributed by atoms with van der Waals surface area (Å²) in [5, 5.41) is 16.3. The van der Waals surface area contributed by atoms with Crippen molar-refractivity contribution in [2.24, 2.45) is 5.92 Å². The Balaban J connectivity index is 1.71. The fourth-order valence-corrected chi connectivity index (χ4v) is 2.80. The molecule has 5 nitrogen and oxygen atoms in total. The first-order valence-corrected chi connectivity index (χ1v) is 8.43. The fraction of sp³-hybridized carbons (Fsp3) is 0.533. The number of hydrogen-bond acceptors (Lipinski definition) is 5. The number of nitrogens with one attached hydrogen (secondary N) is 1. The lowest BCUT2D eigenvalue weighted by Gasteiger charge is -2.07. The van der Waals surface area contributed by atoms with E-state index in [1.165, 1.54) is 6.42 Å². The highest BCUT2D eigenvalue weighted by Crippen LogP contribution is 2.18. The van der Waals surface area contributed by atoms with Gasteiger partial charge in [-0.2, -0.15) is 4.68 Å². The summed E-state index contributed by atoms with van der Waals surface area (Å²) in [5.41, 5.74) is 1.00. The third kappa shape index (κ3) is 5.47. The molecule has 0 aliphatic carbocycles. The first-order chi connectivity index (χ1) is 10.3. The zero-order valence-electron chi connectivity index (χ0n) is 12.7. The van der Waals surface area contributed by atoms with Gasteiger partial charge < -0.3 is 5.32 Å². The normalized spacial score (nSPS) is 11.2. The van der Waals surface area contributed by atoms with Crippen LogP contribution in [0.25, 0.3) is 5.69 Å². The van der Waals surface area contributed by atoms with E-state index in [2.05, 4.69) is 34.7 Å². The molecular formula is C15H23N5S. The van der Waals surface area contributed by atoms with Crippen LogP contribution >= 0.6 is 11.8 Å². The minimum atomic E-state index is 0.717. The number of hydrogen-bond donors (Lipinski definition) is 1. The number of nitrogens with zero attached hydrogens (tertiary/aromatic N) is 4. The third-order valence-electron chi connectivity index (χ3n) is 2.97. The number of unbranched alkanes of at least 4 members (excludes halogenated alkanes) is 1. The highest BCUT2D eigenvalue weighted by Gasteiger charge is 2.07. The van der Waals surface area contributed by atoms with Crippen LogP contribution in [-0.2, 0) is 0 Å². The number of rotatable bonds is 9. The van der Waals surface area contributed by atoms with Crippen LogP contribution in [0, 0.1) is 5.92 Å². The van der Waals surface area contributed by atoms with E-state index < -0.39 is 0 Å². The van der Waals surface area contributed by atoms with Crippen molar-refractivity contribution in [3.8, 4) is 5.69 Å². The molecule has 0 saturated heterocycles. The Kier molecular flexibility index (Phi) is 6.69. The molecule has 0 atom stereocenters. The molecule has 0 amide bonds. The van der Waals surface area contributed by atoms with E-state index in [1.54, 1.807) is 16.4 Å². The van der Waals surface area contributed by atoms with Crippen LogP contribution in [0.2, 0.25) is 0 Å². The Morgan fingerprint density at radius 1 is 1.19 bits per heavy atom. The average molecular weight is 305 g/mol. The quantitative estimate of drug-likeness (QED) is 0.570. The van der Waals surface area contributed by atoms with E-state index in [0.717, 1.165) is 42.0 Å². The second kappa shape index (κ2) is 8.79. The van der Waals surface area contributed by atoms with Gasteiger partial charge in [-0.05, 0) is 54.4 Å². The van der Waals surface area contributed by atoms with Crippen LogP contribution in [0.15, 0.2) is 35.5 Å². The van der Waals surface area contributed by atoms with Gasteiger partial charge in [-0.15, -0.1) is 5.10 Å². The molecular weight excluding hydrogens is 282 g/mol. The van der Waals surface area contributed by atoms with Crippen LogP contribution in [-0.4, -0.2) is 39.0 Å². The van der Waals surface area contributed by atoms with Gasteiger partial charge in [-0.25, -0.2) is 0 Å². The van der Waals surface area contributed by atoms with Crippen molar-refractivity contribution in [1.82, 2.24) is 25.5 Å². The Morgan fingerprint density at radius 3 is 2.76 bits per heavy atom. The van der Waals surface area contributed by atoms with Crippen LogP contribution in [0.3, 0.4) is 0 Å². The maximum Gasteiger partial charge on any atom is 0.214 e. The highest BCUT2D eigenvalue weighted by molar-refractivity contribution is 7.99. The fourth-order valence-electron chi connectivity index (χ4n) is 1.91. The van der Waals surface area contributed by atoms with E-state index >= 15 is 0 Å². The van der Waals surface area contributed by atoms with Gasteiger partial charge in [0.15, 0.2) is 0 Å². The predicted molar refractivity (Wildman–Crippen MR) is 86.8 cm³/mol. The molecule has 6 heteroatoms. The summed E-state index contributed by atoms with van der Waals surface area (Å²) in [4.78, 5) is 0. The molecule has 0 aliphatic rings. The van der Waals surface area contributed by atoms with Gasteiger partial charge >= 0.3 is 0 Å². The minimum absolute atomic E-state index is 0.717. The number of benzene rings is 1. The van der Waals surface area contributed by atoms with E-state index in [-0.39, 0.29) is 0 Å². The topological polar surface area (TPSA) is 55.6 Å². The largest absolute Gasteiger partial charge is 0.316 e. The van der Waals surface area contributed by atoms with Crippen molar-refractivity contribution in [1.29, 1.82) is 0 Å². The van der Waals surface area contributed by atoms with E-state index in [9.17, 15) is 0 Å². The van der Waals surface area contributed by atoms with Crippen molar-refractivity contribution in [2.75, 3.05) is 18.8 Å². The van der Waals surface area contributed by atoms with Crippen LogP contribution < -0.4 is 5.32 Å². The first-order valence-electron chi connectivity index (χ1n) is 7.44. The van der Waals surface area contributed by atoms with E-state index in [4.69, 9.17) is 0 Å². The average Bonchev–Trinajstić information content (AvgIpc) is 2.95. The zero-order chi connectivity index (χ0) is 14.9. The second-order valence-corrected chi connectivity index (χ2v) is 6.42. The van der Waals surface area contributed by atoms with Gasteiger partial charge in [0.25, 0.3) is 0 Å². The number of thioether (sulfide) groups is 1. The highest BCUT2D eigenvalue weighted by atomic mass is 32.2. The van der Waals surface area contributed by atoms with Crippen molar-refractivity contribution < 1.29 is 0 Å². The van der Waals surface area contributed by atoms with Crippen LogP contribution in [0.1, 0.15) is 26.7 Å². The van der Waals surface area contributed by atoms with Crippen LogP contribution in [0.5, 0.6) is 0 Å². The lowest BCUT2D eigenvalue weighted by molar-refractivity contribution is 0.541. The molecule has 0 saturated carbocycles.